The number of carbonyl (C=O) groups excluding carboxylic acids is 2. The van der Waals surface area contributed by atoms with Crippen LogP contribution in [0, 0.1) is 0 Å². The van der Waals surface area contributed by atoms with Gasteiger partial charge >= 0.3 is 0 Å². The molecule has 2 N–H and O–H groups in total. The molecule has 0 heterocycles. The van der Waals surface area contributed by atoms with Gasteiger partial charge < -0.3 is 10.4 Å². The zero-order valence-electron chi connectivity index (χ0n) is 35.7. The van der Waals surface area contributed by atoms with Crippen LogP contribution in [0.2, 0.25) is 0 Å². The highest BCUT2D eigenvalue weighted by molar-refractivity contribution is 5.78. The van der Waals surface area contributed by atoms with Crippen LogP contribution < -0.4 is 5.32 Å². The highest BCUT2D eigenvalue weighted by Crippen LogP contribution is 2.17. The SMILES string of the molecule is CCCCCCCCCCCCCCCC[C@H](CO)NC(=O)CCCCCCCCCCCCCCCC(=O)CCCCCCCCCCCCC. The quantitative estimate of drug-likeness (QED) is 0.0612. The lowest BCUT2D eigenvalue weighted by Gasteiger charge is -2.16. The van der Waals surface area contributed by atoms with Crippen LogP contribution in [0.3, 0.4) is 0 Å². The molecule has 0 aliphatic carbocycles. The number of amides is 1. The van der Waals surface area contributed by atoms with Crippen LogP contribution in [0.1, 0.15) is 284 Å². The average molecular weight is 734 g/mol. The highest BCUT2D eigenvalue weighted by atomic mass is 16.3. The van der Waals surface area contributed by atoms with Gasteiger partial charge in [0.25, 0.3) is 0 Å². The summed E-state index contributed by atoms with van der Waals surface area (Å²) in [5.74, 6) is 0.621. The van der Waals surface area contributed by atoms with Gasteiger partial charge in [-0.25, -0.2) is 0 Å². The minimum Gasteiger partial charge on any atom is -0.394 e. The minimum atomic E-state index is -0.0667. The van der Waals surface area contributed by atoms with Crippen molar-refractivity contribution in [3.05, 3.63) is 0 Å². The summed E-state index contributed by atoms with van der Waals surface area (Å²) < 4.78 is 0. The number of nitrogens with one attached hydrogen (secondary N) is 1. The molecule has 0 fully saturated rings. The number of ketones is 1. The first-order valence-electron chi connectivity index (χ1n) is 24.1. The fourth-order valence-electron chi connectivity index (χ4n) is 7.76. The Hall–Kier alpha value is -0.900. The maximum atomic E-state index is 12.4. The predicted octanol–water partition coefficient (Wildman–Crippen LogP) is 15.5. The summed E-state index contributed by atoms with van der Waals surface area (Å²) in [6, 6.07) is -0.0667. The Kier molecular flexibility index (Phi) is 43.7. The van der Waals surface area contributed by atoms with E-state index < -0.39 is 0 Å². The van der Waals surface area contributed by atoms with Gasteiger partial charge in [-0.3, -0.25) is 9.59 Å². The molecule has 0 aromatic carbocycles. The lowest BCUT2D eigenvalue weighted by Crippen LogP contribution is -2.37. The molecule has 0 unspecified atom stereocenters. The van der Waals surface area contributed by atoms with Crippen molar-refractivity contribution in [2.45, 2.75) is 290 Å². The summed E-state index contributed by atoms with van der Waals surface area (Å²) in [5, 5.41) is 12.8. The number of hydrogen-bond acceptors (Lipinski definition) is 3. The monoisotopic (exact) mass is 734 g/mol. The first-order valence-corrected chi connectivity index (χ1v) is 24.1. The third-order valence-electron chi connectivity index (χ3n) is 11.4. The van der Waals surface area contributed by atoms with Gasteiger partial charge in [0.15, 0.2) is 0 Å². The summed E-state index contributed by atoms with van der Waals surface area (Å²) in [6.07, 6.45) is 53.1. The largest absolute Gasteiger partial charge is 0.394 e. The maximum Gasteiger partial charge on any atom is 0.220 e. The van der Waals surface area contributed by atoms with E-state index in [0.29, 0.717) is 12.2 Å². The molecule has 310 valence electrons. The molecule has 0 saturated heterocycles. The normalized spacial score (nSPS) is 12.1. The molecular weight excluding hydrogens is 639 g/mol. The van der Waals surface area contributed by atoms with Crippen molar-refractivity contribution in [2.24, 2.45) is 0 Å². The van der Waals surface area contributed by atoms with Crippen molar-refractivity contribution in [3.63, 3.8) is 0 Å². The maximum absolute atomic E-state index is 12.4. The number of aliphatic hydroxyl groups is 1. The van der Waals surface area contributed by atoms with Crippen molar-refractivity contribution in [2.75, 3.05) is 6.61 Å². The lowest BCUT2D eigenvalue weighted by molar-refractivity contribution is -0.122. The molecule has 0 bridgehead atoms. The average Bonchev–Trinajstić information content (AvgIpc) is 3.15. The number of carbonyl (C=O) groups is 2. The Balaban J connectivity index is 3.37. The molecule has 0 rings (SSSR count). The molecule has 0 saturated carbocycles. The summed E-state index contributed by atoms with van der Waals surface area (Å²) in [4.78, 5) is 24.6. The molecule has 0 radical (unpaired) electrons. The van der Waals surface area contributed by atoms with E-state index >= 15 is 0 Å². The van der Waals surface area contributed by atoms with Crippen LogP contribution in [0.25, 0.3) is 0 Å². The van der Waals surface area contributed by atoms with E-state index in [9.17, 15) is 14.7 Å². The Morgan fingerprint density at radius 2 is 0.615 bits per heavy atom. The smallest absolute Gasteiger partial charge is 0.220 e. The Labute approximate surface area is 327 Å². The Bertz CT molecular complexity index is 710. The van der Waals surface area contributed by atoms with Crippen molar-refractivity contribution >= 4 is 11.7 Å². The van der Waals surface area contributed by atoms with Gasteiger partial charge in [-0.2, -0.15) is 0 Å². The molecule has 0 aliphatic heterocycles. The molecule has 4 heteroatoms. The third-order valence-corrected chi connectivity index (χ3v) is 11.4. The third kappa shape index (κ3) is 41.9. The zero-order valence-corrected chi connectivity index (χ0v) is 35.7. The molecule has 0 spiro atoms. The van der Waals surface area contributed by atoms with Crippen LogP contribution in [0.5, 0.6) is 0 Å². The summed E-state index contributed by atoms with van der Waals surface area (Å²) in [7, 11) is 0. The second-order valence-corrected chi connectivity index (χ2v) is 16.8. The van der Waals surface area contributed by atoms with Crippen molar-refractivity contribution < 1.29 is 14.7 Å². The van der Waals surface area contributed by atoms with E-state index in [4.69, 9.17) is 0 Å². The predicted molar refractivity (Wildman–Crippen MR) is 229 cm³/mol. The molecular formula is C48H95NO3. The first kappa shape index (κ1) is 51.1. The summed E-state index contributed by atoms with van der Waals surface area (Å²) in [5.41, 5.74) is 0. The topological polar surface area (TPSA) is 66.4 Å². The van der Waals surface area contributed by atoms with Gasteiger partial charge in [0.1, 0.15) is 5.78 Å². The van der Waals surface area contributed by atoms with E-state index in [-0.39, 0.29) is 18.6 Å². The van der Waals surface area contributed by atoms with Gasteiger partial charge in [0, 0.05) is 19.3 Å². The van der Waals surface area contributed by atoms with Crippen LogP contribution in [0.4, 0.5) is 0 Å². The molecule has 1 atom stereocenters. The number of rotatable bonds is 45. The summed E-state index contributed by atoms with van der Waals surface area (Å²) in [6.45, 7) is 4.62. The molecule has 52 heavy (non-hydrogen) atoms. The zero-order chi connectivity index (χ0) is 37.8. The Morgan fingerprint density at radius 1 is 0.365 bits per heavy atom. The molecule has 0 aliphatic rings. The number of unbranched alkanes of at least 4 members (excludes halogenated alkanes) is 35. The van der Waals surface area contributed by atoms with Gasteiger partial charge in [0.05, 0.1) is 12.6 Å². The van der Waals surface area contributed by atoms with Crippen LogP contribution in [-0.4, -0.2) is 29.4 Å². The summed E-state index contributed by atoms with van der Waals surface area (Å²) >= 11 is 0. The van der Waals surface area contributed by atoms with Gasteiger partial charge in [0.2, 0.25) is 5.91 Å². The number of hydrogen-bond donors (Lipinski definition) is 2. The van der Waals surface area contributed by atoms with Gasteiger partial charge in [-0.05, 0) is 25.7 Å². The fraction of sp³-hybridized carbons (Fsp3) is 0.958. The minimum absolute atomic E-state index is 0.0602. The van der Waals surface area contributed by atoms with Crippen LogP contribution >= 0.6 is 0 Å². The van der Waals surface area contributed by atoms with Crippen LogP contribution in [0.15, 0.2) is 0 Å². The first-order chi connectivity index (χ1) is 25.6. The molecule has 0 aromatic rings. The second kappa shape index (κ2) is 44.5. The lowest BCUT2D eigenvalue weighted by atomic mass is 10.0. The van der Waals surface area contributed by atoms with Crippen molar-refractivity contribution in [3.8, 4) is 0 Å². The fourth-order valence-corrected chi connectivity index (χ4v) is 7.76. The van der Waals surface area contributed by atoms with E-state index in [1.54, 1.807) is 0 Å². The second-order valence-electron chi connectivity index (χ2n) is 16.8. The molecule has 1 amide bonds. The van der Waals surface area contributed by atoms with E-state index in [1.807, 2.05) is 0 Å². The van der Waals surface area contributed by atoms with Gasteiger partial charge in [-0.1, -0.05) is 239 Å². The van der Waals surface area contributed by atoms with E-state index in [2.05, 4.69) is 19.2 Å². The Morgan fingerprint density at radius 3 is 0.904 bits per heavy atom. The van der Waals surface area contributed by atoms with Gasteiger partial charge in [-0.15, -0.1) is 0 Å². The number of Topliss-reactive ketones (excluding diaryl/α,β-unsaturated/α-hetero) is 1. The highest BCUT2D eigenvalue weighted by Gasteiger charge is 2.11. The van der Waals surface area contributed by atoms with E-state index in [0.717, 1.165) is 51.4 Å². The van der Waals surface area contributed by atoms with Crippen LogP contribution in [-0.2, 0) is 9.59 Å². The van der Waals surface area contributed by atoms with Crippen molar-refractivity contribution in [1.29, 1.82) is 0 Å². The van der Waals surface area contributed by atoms with Crippen molar-refractivity contribution in [1.82, 2.24) is 5.32 Å². The van der Waals surface area contributed by atoms with E-state index in [1.165, 1.54) is 212 Å². The molecule has 0 aromatic heterocycles. The number of aliphatic hydroxyl groups excluding tert-OH is 1. The standard InChI is InChI=1S/C48H95NO3/c1-3-5-7-9-11-13-15-16-18-22-25-29-33-37-41-46(45-50)49-48(52)44-40-36-32-28-24-20-17-19-23-27-31-35-39-43-47(51)42-38-34-30-26-21-14-12-10-8-6-4-2/h46,50H,3-45H2,1-2H3,(H,49,52)/t46-/m1/s1. The molecule has 4 nitrogen and oxygen atoms in total.